The van der Waals surface area contributed by atoms with Gasteiger partial charge in [-0.2, -0.15) is 0 Å². The summed E-state index contributed by atoms with van der Waals surface area (Å²) in [7, 11) is 17.7. The van der Waals surface area contributed by atoms with Crippen LogP contribution in [0.2, 0.25) is 0 Å². The van der Waals surface area contributed by atoms with Crippen LogP contribution in [0.25, 0.3) is 0 Å². The van der Waals surface area contributed by atoms with E-state index in [1.165, 1.54) is 0 Å². The maximum Gasteiger partial charge on any atom is 0.303 e. The fourth-order valence-electron chi connectivity index (χ4n) is 1.19. The second-order valence-electron chi connectivity index (χ2n) is 4.08. The summed E-state index contributed by atoms with van der Waals surface area (Å²) in [4.78, 5) is 11.7. The smallest absolute Gasteiger partial charge is 0.303 e. The van der Waals surface area contributed by atoms with E-state index in [1.807, 2.05) is 52.1 Å². The van der Waals surface area contributed by atoms with E-state index in [-0.39, 0.29) is 0 Å². The maximum absolute atomic E-state index is 4.61. The Morgan fingerprint density at radius 3 is 1.10 bits per heavy atom. The lowest BCUT2D eigenvalue weighted by Gasteiger charge is -2.12. The predicted molar refractivity (Wildman–Crippen MR) is 94.8 cm³/mol. The van der Waals surface area contributed by atoms with Gasteiger partial charge in [-0.15, -0.1) is 0 Å². The van der Waals surface area contributed by atoms with E-state index in [0.29, 0.717) is 0 Å². The first-order valence-electron chi connectivity index (χ1n) is 6.47. The number of rotatable bonds is 2. The number of hydrogen-bond acceptors (Lipinski definition) is 4. The van der Waals surface area contributed by atoms with Crippen LogP contribution in [0, 0.1) is 0 Å². The fourth-order valence-corrected chi connectivity index (χ4v) is 1.42. The van der Waals surface area contributed by atoms with Gasteiger partial charge < -0.3 is 29.3 Å². The van der Waals surface area contributed by atoms with Gasteiger partial charge in [0, 0.05) is 70.6 Å². The zero-order chi connectivity index (χ0) is 17.3. The maximum atomic E-state index is 4.61. The Morgan fingerprint density at radius 2 is 1.10 bits per heavy atom. The molecule has 0 aliphatic heterocycles. The highest BCUT2D eigenvalue weighted by atomic mass is 28.3. The SMILES string of the molecule is CN=C(NC)N(C)C.CN=C(NC)N(C)C.CO[SiH2]OC. The molecule has 0 unspecified atom stereocenters. The molecule has 21 heavy (non-hydrogen) atoms. The number of aliphatic imine (C=N–C) groups is 2. The van der Waals surface area contributed by atoms with E-state index in [1.54, 1.807) is 28.3 Å². The second kappa shape index (κ2) is 18.7. The normalized spacial score (nSPS) is 10.6. The van der Waals surface area contributed by atoms with Gasteiger partial charge in [-0.25, -0.2) is 0 Å². The van der Waals surface area contributed by atoms with E-state index in [9.17, 15) is 0 Å². The van der Waals surface area contributed by atoms with Crippen LogP contribution in [0.15, 0.2) is 9.98 Å². The second-order valence-corrected chi connectivity index (χ2v) is 5.47. The summed E-state index contributed by atoms with van der Waals surface area (Å²) in [6.45, 7) is 0. The average molecular weight is 323 g/mol. The third kappa shape index (κ3) is 18.7. The summed E-state index contributed by atoms with van der Waals surface area (Å²) in [5, 5.41) is 5.85. The van der Waals surface area contributed by atoms with E-state index < -0.39 is 10.0 Å². The lowest BCUT2D eigenvalue weighted by molar-refractivity contribution is 0.309. The molecule has 9 heteroatoms. The molecule has 0 radical (unpaired) electrons. The van der Waals surface area contributed by atoms with Crippen molar-refractivity contribution in [2.45, 2.75) is 0 Å². The summed E-state index contributed by atoms with van der Waals surface area (Å²) >= 11 is 0. The third-order valence-electron chi connectivity index (χ3n) is 1.95. The minimum atomic E-state index is -0.568. The molecule has 0 aromatic rings. The third-order valence-corrected chi connectivity index (χ3v) is 2.43. The van der Waals surface area contributed by atoms with Crippen LogP contribution in [0.3, 0.4) is 0 Å². The van der Waals surface area contributed by atoms with Crippen molar-refractivity contribution in [2.75, 3.05) is 70.6 Å². The monoisotopic (exact) mass is 322 g/mol. The van der Waals surface area contributed by atoms with Crippen molar-refractivity contribution in [2.24, 2.45) is 9.98 Å². The summed E-state index contributed by atoms with van der Waals surface area (Å²) in [6, 6.07) is 0. The van der Waals surface area contributed by atoms with Crippen molar-refractivity contribution in [3.05, 3.63) is 0 Å². The first kappa shape index (κ1) is 24.7. The summed E-state index contributed by atoms with van der Waals surface area (Å²) in [6.07, 6.45) is 0. The molecule has 0 saturated carbocycles. The standard InChI is InChI=1S/2C5H13N3.C2H8O2Si/c2*1-6-5(7-2)8(3)4;1-3-5-4-2/h2*1-4H3,(H,6,7);5H2,1-2H3. The minimum absolute atomic E-state index is 0.568. The van der Waals surface area contributed by atoms with Crippen molar-refractivity contribution in [3.8, 4) is 0 Å². The molecule has 0 aliphatic rings. The molecule has 0 bridgehead atoms. The molecule has 0 aromatic carbocycles. The largest absolute Gasteiger partial charge is 0.402 e. The summed E-state index contributed by atoms with van der Waals surface area (Å²) < 4.78 is 9.22. The zero-order valence-corrected chi connectivity index (χ0v) is 16.7. The summed E-state index contributed by atoms with van der Waals surface area (Å²) in [5.74, 6) is 1.79. The van der Waals surface area contributed by atoms with Crippen LogP contribution >= 0.6 is 0 Å². The van der Waals surface area contributed by atoms with Gasteiger partial charge in [0.2, 0.25) is 0 Å². The van der Waals surface area contributed by atoms with Crippen molar-refractivity contribution in [3.63, 3.8) is 0 Å². The van der Waals surface area contributed by atoms with Crippen molar-refractivity contribution >= 4 is 21.9 Å². The van der Waals surface area contributed by atoms with Gasteiger partial charge in [0.25, 0.3) is 0 Å². The highest BCUT2D eigenvalue weighted by molar-refractivity contribution is 6.17. The first-order chi connectivity index (χ1) is 9.85. The Labute approximate surface area is 132 Å². The lowest BCUT2D eigenvalue weighted by Crippen LogP contribution is -2.33. The van der Waals surface area contributed by atoms with E-state index in [0.717, 1.165) is 11.9 Å². The van der Waals surface area contributed by atoms with Gasteiger partial charge in [0.05, 0.1) is 0 Å². The van der Waals surface area contributed by atoms with Crippen molar-refractivity contribution < 1.29 is 8.85 Å². The van der Waals surface area contributed by atoms with Crippen LogP contribution in [-0.2, 0) is 8.85 Å². The molecular formula is C12H34N6O2Si. The fraction of sp³-hybridized carbons (Fsp3) is 0.833. The van der Waals surface area contributed by atoms with Crippen molar-refractivity contribution in [1.29, 1.82) is 0 Å². The minimum Gasteiger partial charge on any atom is -0.402 e. The average Bonchev–Trinajstić information content (AvgIpc) is 2.43. The molecule has 0 amide bonds. The van der Waals surface area contributed by atoms with Crippen molar-refractivity contribution in [1.82, 2.24) is 20.4 Å². The predicted octanol–water partition coefficient (Wildman–Crippen LogP) is -1.22. The van der Waals surface area contributed by atoms with Gasteiger partial charge >= 0.3 is 10.0 Å². The molecule has 0 fully saturated rings. The number of guanidine groups is 2. The molecule has 0 aliphatic carbocycles. The molecule has 2 N–H and O–H groups in total. The van der Waals surface area contributed by atoms with Crippen LogP contribution in [0.5, 0.6) is 0 Å². The first-order valence-corrected chi connectivity index (χ1v) is 7.63. The molecule has 0 aromatic heterocycles. The molecular weight excluding hydrogens is 288 g/mol. The van der Waals surface area contributed by atoms with E-state index in [2.05, 4.69) is 29.5 Å². The highest BCUT2D eigenvalue weighted by Crippen LogP contribution is 1.74. The zero-order valence-electron chi connectivity index (χ0n) is 15.3. The number of hydrogen-bond donors (Lipinski definition) is 2. The molecule has 128 valence electrons. The highest BCUT2D eigenvalue weighted by Gasteiger charge is 1.92. The molecule has 0 rings (SSSR count). The van der Waals surface area contributed by atoms with Gasteiger partial charge in [0.1, 0.15) is 0 Å². The number of nitrogens with one attached hydrogen (secondary N) is 2. The Kier molecular flexibility index (Phi) is 21.9. The molecule has 0 atom stereocenters. The van der Waals surface area contributed by atoms with Crippen LogP contribution in [0.4, 0.5) is 0 Å². The van der Waals surface area contributed by atoms with Gasteiger partial charge in [-0.05, 0) is 0 Å². The lowest BCUT2D eigenvalue weighted by atomic mass is 10.8. The van der Waals surface area contributed by atoms with Crippen LogP contribution in [0.1, 0.15) is 0 Å². The molecule has 0 saturated heterocycles. The number of nitrogens with zero attached hydrogens (tertiary/aromatic N) is 4. The quantitative estimate of drug-likeness (QED) is 0.377. The molecule has 8 nitrogen and oxygen atoms in total. The van der Waals surface area contributed by atoms with Crippen LogP contribution in [-0.4, -0.2) is 102 Å². The Bertz CT molecular complexity index is 246. The van der Waals surface area contributed by atoms with E-state index >= 15 is 0 Å². The Morgan fingerprint density at radius 1 is 0.810 bits per heavy atom. The summed E-state index contributed by atoms with van der Waals surface area (Å²) in [5.41, 5.74) is 0. The van der Waals surface area contributed by atoms with Crippen LogP contribution < -0.4 is 10.6 Å². The topological polar surface area (TPSA) is 73.7 Å². The Balaban J connectivity index is -0.000000239. The van der Waals surface area contributed by atoms with Gasteiger partial charge in [-0.1, -0.05) is 0 Å². The van der Waals surface area contributed by atoms with E-state index in [4.69, 9.17) is 0 Å². The van der Waals surface area contributed by atoms with Gasteiger partial charge in [-0.3, -0.25) is 9.98 Å². The van der Waals surface area contributed by atoms with Gasteiger partial charge in [0.15, 0.2) is 11.9 Å². The molecule has 0 spiro atoms. The Hall–Kier alpha value is -1.32. The molecule has 0 heterocycles.